The maximum absolute atomic E-state index is 13.2. The number of aryl methyl sites for hydroxylation is 1. The van der Waals surface area contributed by atoms with Crippen LogP contribution >= 0.6 is 0 Å². The van der Waals surface area contributed by atoms with Crippen LogP contribution in [0.3, 0.4) is 0 Å². The highest BCUT2D eigenvalue weighted by molar-refractivity contribution is 6.15. The van der Waals surface area contributed by atoms with Crippen molar-refractivity contribution in [3.63, 3.8) is 0 Å². The summed E-state index contributed by atoms with van der Waals surface area (Å²) in [5.41, 5.74) is 4.76. The van der Waals surface area contributed by atoms with Gasteiger partial charge in [0.05, 0.1) is 5.56 Å². The maximum Gasteiger partial charge on any atom is 0.231 e. The van der Waals surface area contributed by atoms with Crippen LogP contribution in [0.15, 0.2) is 42.3 Å². The molecule has 0 bridgehead atoms. The molecule has 3 aliphatic rings. The fraction of sp³-hybridized carbons (Fsp3) is 0.292. The van der Waals surface area contributed by atoms with Crippen molar-refractivity contribution in [1.82, 2.24) is 9.47 Å². The monoisotopic (exact) mass is 386 g/mol. The lowest BCUT2D eigenvalue weighted by molar-refractivity contribution is 0.0872. The number of nitrogens with zero attached hydrogens (tertiary/aromatic N) is 2. The molecule has 146 valence electrons. The van der Waals surface area contributed by atoms with Crippen molar-refractivity contribution in [2.45, 2.75) is 32.4 Å². The Morgan fingerprint density at radius 1 is 1.17 bits per heavy atom. The number of Topliss-reactive ketones (excluding diaryl/α,β-unsaturated/α-hetero) is 1. The lowest BCUT2D eigenvalue weighted by Crippen LogP contribution is -2.34. The number of rotatable bonds is 2. The van der Waals surface area contributed by atoms with Gasteiger partial charge in [0, 0.05) is 53.4 Å². The van der Waals surface area contributed by atoms with E-state index in [1.54, 1.807) is 0 Å². The van der Waals surface area contributed by atoms with Crippen molar-refractivity contribution in [3.05, 3.63) is 64.5 Å². The molecule has 0 radical (unpaired) electrons. The van der Waals surface area contributed by atoms with Crippen molar-refractivity contribution in [2.75, 3.05) is 6.73 Å². The second-order valence-electron chi connectivity index (χ2n) is 8.27. The summed E-state index contributed by atoms with van der Waals surface area (Å²) >= 11 is 0. The van der Waals surface area contributed by atoms with Gasteiger partial charge in [-0.1, -0.05) is 18.2 Å². The van der Waals surface area contributed by atoms with Gasteiger partial charge in [0.2, 0.25) is 5.78 Å². The normalized spacial score (nSPS) is 19.9. The summed E-state index contributed by atoms with van der Waals surface area (Å²) in [6, 6.07) is 10.8. The fourth-order valence-electron chi connectivity index (χ4n) is 4.57. The first-order valence-electron chi connectivity index (χ1n) is 10.1. The fourth-order valence-corrected chi connectivity index (χ4v) is 4.57. The summed E-state index contributed by atoms with van der Waals surface area (Å²) in [6.45, 7) is 3.44. The molecule has 5 heteroatoms. The van der Waals surface area contributed by atoms with Crippen LogP contribution < -0.4 is 9.47 Å². The Labute approximate surface area is 169 Å². The van der Waals surface area contributed by atoms with Gasteiger partial charge in [0.15, 0.2) is 5.76 Å². The lowest BCUT2D eigenvalue weighted by atomic mass is 10.00. The Balaban J connectivity index is 1.40. The molecule has 0 unspecified atom stereocenters. The van der Waals surface area contributed by atoms with Gasteiger partial charge in [-0.15, -0.1) is 0 Å². The molecule has 3 aromatic rings. The Morgan fingerprint density at radius 3 is 2.83 bits per heavy atom. The van der Waals surface area contributed by atoms with E-state index in [4.69, 9.17) is 9.47 Å². The summed E-state index contributed by atoms with van der Waals surface area (Å²) in [5.74, 6) is 1.84. The number of hydrogen-bond acceptors (Lipinski definition) is 4. The summed E-state index contributed by atoms with van der Waals surface area (Å²) in [5, 5.41) is 1.11. The van der Waals surface area contributed by atoms with Crippen LogP contribution in [-0.4, -0.2) is 28.0 Å². The first-order valence-corrected chi connectivity index (χ1v) is 10.1. The third-order valence-electron chi connectivity index (χ3n) is 6.24. The van der Waals surface area contributed by atoms with E-state index in [2.05, 4.69) is 21.6 Å². The molecule has 0 atom stereocenters. The predicted molar refractivity (Wildman–Crippen MR) is 111 cm³/mol. The third kappa shape index (κ3) is 2.54. The first-order chi connectivity index (χ1) is 14.1. The number of aromatic nitrogens is 1. The van der Waals surface area contributed by atoms with Crippen molar-refractivity contribution in [1.29, 1.82) is 0 Å². The standard InChI is InChI=1S/C24H22N2O3/c1-14-23-16(12-26(13-28-23)17-7-8-17)9-19-22(27)21(29-24(14)19)10-15-11-25(2)20-6-4-3-5-18(15)20/h3-6,9-11,17H,7-8,12-13H2,1-2H3/b21-10-. The number of carbonyl (C=O) groups is 1. The minimum Gasteiger partial charge on any atom is -0.477 e. The smallest absolute Gasteiger partial charge is 0.231 e. The zero-order valence-corrected chi connectivity index (χ0v) is 16.6. The van der Waals surface area contributed by atoms with Crippen LogP contribution in [-0.2, 0) is 13.6 Å². The highest BCUT2D eigenvalue weighted by Crippen LogP contribution is 2.44. The topological polar surface area (TPSA) is 43.7 Å². The molecule has 2 aromatic carbocycles. The Kier molecular flexibility index (Phi) is 3.47. The molecule has 0 saturated heterocycles. The van der Waals surface area contributed by atoms with E-state index < -0.39 is 0 Å². The number of para-hydroxylation sites is 1. The van der Waals surface area contributed by atoms with Gasteiger partial charge < -0.3 is 14.0 Å². The van der Waals surface area contributed by atoms with Crippen molar-refractivity contribution < 1.29 is 14.3 Å². The molecule has 3 heterocycles. The zero-order valence-electron chi connectivity index (χ0n) is 16.6. The van der Waals surface area contributed by atoms with Gasteiger partial charge in [-0.3, -0.25) is 9.69 Å². The van der Waals surface area contributed by atoms with E-state index in [1.807, 2.05) is 44.4 Å². The molecular weight excluding hydrogens is 364 g/mol. The van der Waals surface area contributed by atoms with Gasteiger partial charge in [0.25, 0.3) is 0 Å². The average Bonchev–Trinajstić information content (AvgIpc) is 3.48. The molecule has 0 spiro atoms. The summed E-state index contributed by atoms with van der Waals surface area (Å²) in [7, 11) is 2.01. The SMILES string of the molecule is Cc1c2c(cc3c1O/C(=C\c1cn(C)c4ccccc14)C3=O)CN(C1CC1)CO2. The molecule has 1 fully saturated rings. The molecule has 6 rings (SSSR count). The number of fused-ring (bicyclic) bond motifs is 3. The maximum atomic E-state index is 13.2. The van der Waals surface area contributed by atoms with Crippen LogP contribution in [0.4, 0.5) is 0 Å². The summed E-state index contributed by atoms with van der Waals surface area (Å²) < 4.78 is 14.2. The third-order valence-corrected chi connectivity index (χ3v) is 6.24. The van der Waals surface area contributed by atoms with Crippen LogP contribution in [0.25, 0.3) is 17.0 Å². The van der Waals surface area contributed by atoms with Gasteiger partial charge in [-0.25, -0.2) is 0 Å². The second-order valence-corrected chi connectivity index (χ2v) is 8.27. The van der Waals surface area contributed by atoms with Crippen LogP contribution in [0.5, 0.6) is 11.5 Å². The average molecular weight is 386 g/mol. The predicted octanol–water partition coefficient (Wildman–Crippen LogP) is 4.42. The van der Waals surface area contributed by atoms with Crippen molar-refractivity contribution in [2.24, 2.45) is 7.05 Å². The largest absolute Gasteiger partial charge is 0.477 e. The second kappa shape index (κ2) is 5.97. The van der Waals surface area contributed by atoms with Gasteiger partial charge in [-0.2, -0.15) is 0 Å². The van der Waals surface area contributed by atoms with Gasteiger partial charge in [-0.05, 0) is 38.0 Å². The molecule has 29 heavy (non-hydrogen) atoms. The number of ketones is 1. The number of hydrogen-bond donors (Lipinski definition) is 0. The highest BCUT2D eigenvalue weighted by atomic mass is 16.5. The molecule has 1 saturated carbocycles. The zero-order chi connectivity index (χ0) is 19.7. The van der Waals surface area contributed by atoms with E-state index in [0.717, 1.165) is 39.9 Å². The van der Waals surface area contributed by atoms with Gasteiger partial charge in [0.1, 0.15) is 18.2 Å². The molecule has 0 amide bonds. The quantitative estimate of drug-likeness (QED) is 0.612. The minimum absolute atomic E-state index is 0.0534. The minimum atomic E-state index is -0.0534. The van der Waals surface area contributed by atoms with E-state index in [0.29, 0.717) is 29.8 Å². The van der Waals surface area contributed by atoms with E-state index in [-0.39, 0.29) is 5.78 Å². The van der Waals surface area contributed by atoms with Crippen LogP contribution in [0.2, 0.25) is 0 Å². The Bertz CT molecular complexity index is 1220. The van der Waals surface area contributed by atoms with Crippen molar-refractivity contribution in [3.8, 4) is 11.5 Å². The molecular formula is C24H22N2O3. The van der Waals surface area contributed by atoms with Crippen molar-refractivity contribution >= 4 is 22.8 Å². The molecule has 1 aromatic heterocycles. The summed E-state index contributed by atoms with van der Waals surface area (Å²) in [6.07, 6.45) is 6.37. The number of benzene rings is 2. The Hall–Kier alpha value is -3.05. The lowest BCUT2D eigenvalue weighted by Gasteiger charge is -2.30. The molecule has 1 aliphatic carbocycles. The number of carbonyl (C=O) groups excluding carboxylic acids is 1. The van der Waals surface area contributed by atoms with E-state index in [1.165, 1.54) is 12.8 Å². The first kappa shape index (κ1) is 16.9. The molecule has 5 nitrogen and oxygen atoms in total. The molecule has 2 aliphatic heterocycles. The van der Waals surface area contributed by atoms with Crippen LogP contribution in [0.1, 0.15) is 39.9 Å². The molecule has 0 N–H and O–H groups in total. The van der Waals surface area contributed by atoms with Gasteiger partial charge >= 0.3 is 0 Å². The number of allylic oxidation sites excluding steroid dienone is 1. The van der Waals surface area contributed by atoms with Crippen LogP contribution in [0, 0.1) is 6.92 Å². The highest BCUT2D eigenvalue weighted by Gasteiger charge is 2.36. The van der Waals surface area contributed by atoms with E-state index in [9.17, 15) is 4.79 Å². The van der Waals surface area contributed by atoms with E-state index >= 15 is 0 Å². The Morgan fingerprint density at radius 2 is 2.00 bits per heavy atom. The summed E-state index contributed by atoms with van der Waals surface area (Å²) in [4.78, 5) is 15.5. The number of ether oxygens (including phenoxy) is 2.